The van der Waals surface area contributed by atoms with Crippen LogP contribution in [0.25, 0.3) is 0 Å². The molecule has 0 heterocycles. The highest BCUT2D eigenvalue weighted by atomic mass is 79.9. The van der Waals surface area contributed by atoms with Gasteiger partial charge in [0.1, 0.15) is 5.69 Å². The fourth-order valence-electron chi connectivity index (χ4n) is 2.14. The quantitative estimate of drug-likeness (QED) is 0.520. The molecule has 0 spiro atoms. The summed E-state index contributed by atoms with van der Waals surface area (Å²) in [6.45, 7) is 9.83. The number of halogens is 2. The van der Waals surface area contributed by atoms with Crippen LogP contribution in [0.1, 0.15) is 27.7 Å². The molecule has 0 atom stereocenters. The van der Waals surface area contributed by atoms with Crippen molar-refractivity contribution >= 4 is 38.9 Å². The highest BCUT2D eigenvalue weighted by molar-refractivity contribution is 9.10. The Bertz CT molecular complexity index is 482. The largest absolute Gasteiger partial charge is 0.364 e. The molecule has 0 bridgehead atoms. The smallest absolute Gasteiger partial charge is 0.295 e. The molecule has 0 saturated carbocycles. The molecule has 0 fully saturated rings. The van der Waals surface area contributed by atoms with E-state index in [1.807, 2.05) is 4.90 Å². The molecule has 0 aliphatic heterocycles. The van der Waals surface area contributed by atoms with E-state index in [0.717, 1.165) is 13.1 Å². The third-order valence-electron chi connectivity index (χ3n) is 2.69. The Morgan fingerprint density at radius 2 is 1.75 bits per heavy atom. The van der Waals surface area contributed by atoms with E-state index < -0.39 is 0 Å². The summed E-state index contributed by atoms with van der Waals surface area (Å²) >= 11 is 9.52. The molecule has 1 aromatic carbocycles. The Hall–Kier alpha value is -0.810. The predicted octanol–water partition coefficient (Wildman–Crippen LogP) is 5.13. The van der Waals surface area contributed by atoms with Crippen LogP contribution in [-0.4, -0.2) is 18.0 Å². The van der Waals surface area contributed by atoms with Crippen molar-refractivity contribution in [2.45, 2.75) is 27.7 Å². The summed E-state index contributed by atoms with van der Waals surface area (Å²) in [6.07, 6.45) is 0. The lowest BCUT2D eigenvalue weighted by Gasteiger charge is -2.29. The zero-order chi connectivity index (χ0) is 15.4. The first-order valence-electron chi connectivity index (χ1n) is 6.60. The molecule has 4 nitrogen and oxygen atoms in total. The van der Waals surface area contributed by atoms with E-state index in [4.69, 9.17) is 11.6 Å². The minimum Gasteiger partial charge on any atom is -0.364 e. The van der Waals surface area contributed by atoms with Crippen LogP contribution >= 0.6 is 27.5 Å². The molecule has 0 aliphatic rings. The highest BCUT2D eigenvalue weighted by Crippen LogP contribution is 2.39. The van der Waals surface area contributed by atoms with Crippen LogP contribution in [0, 0.1) is 22.0 Å². The van der Waals surface area contributed by atoms with Gasteiger partial charge in [0.2, 0.25) is 0 Å². The molecule has 0 radical (unpaired) electrons. The Morgan fingerprint density at radius 3 is 2.15 bits per heavy atom. The Labute approximate surface area is 133 Å². The van der Waals surface area contributed by atoms with Gasteiger partial charge in [-0.15, -0.1) is 0 Å². The molecular formula is C14H20BrClN2O2. The fourth-order valence-corrected chi connectivity index (χ4v) is 3.05. The molecule has 0 unspecified atom stereocenters. The minimum atomic E-state index is -0.375. The summed E-state index contributed by atoms with van der Waals surface area (Å²) in [5.41, 5.74) is 0.563. The number of nitro benzene ring substituents is 1. The van der Waals surface area contributed by atoms with Crippen molar-refractivity contribution in [1.29, 1.82) is 0 Å². The second-order valence-electron chi connectivity index (χ2n) is 5.71. The molecule has 0 aliphatic carbocycles. The average Bonchev–Trinajstić information content (AvgIpc) is 2.25. The lowest BCUT2D eigenvalue weighted by atomic mass is 10.1. The summed E-state index contributed by atoms with van der Waals surface area (Å²) in [5, 5.41) is 11.7. The van der Waals surface area contributed by atoms with Crippen LogP contribution in [-0.2, 0) is 0 Å². The van der Waals surface area contributed by atoms with Gasteiger partial charge in [-0.1, -0.05) is 55.2 Å². The Kier molecular flexibility index (Phi) is 6.27. The van der Waals surface area contributed by atoms with Crippen molar-refractivity contribution in [3.8, 4) is 0 Å². The van der Waals surface area contributed by atoms with Crippen molar-refractivity contribution < 1.29 is 4.92 Å². The van der Waals surface area contributed by atoms with Crippen LogP contribution in [0.4, 0.5) is 11.4 Å². The van der Waals surface area contributed by atoms with Crippen LogP contribution in [0.3, 0.4) is 0 Å². The van der Waals surface area contributed by atoms with Gasteiger partial charge in [0.05, 0.1) is 9.95 Å². The molecule has 112 valence electrons. The second kappa shape index (κ2) is 7.27. The molecule has 0 saturated heterocycles. The molecule has 0 aromatic heterocycles. The van der Waals surface area contributed by atoms with Crippen molar-refractivity contribution in [1.82, 2.24) is 0 Å². The number of hydrogen-bond acceptors (Lipinski definition) is 3. The van der Waals surface area contributed by atoms with E-state index in [1.54, 1.807) is 6.07 Å². The van der Waals surface area contributed by atoms with Crippen molar-refractivity contribution in [2.75, 3.05) is 18.0 Å². The number of rotatable bonds is 6. The van der Waals surface area contributed by atoms with Crippen molar-refractivity contribution in [3.05, 3.63) is 31.7 Å². The highest BCUT2D eigenvalue weighted by Gasteiger charge is 2.24. The number of benzene rings is 1. The predicted molar refractivity (Wildman–Crippen MR) is 87.7 cm³/mol. The minimum absolute atomic E-state index is 0.0469. The molecule has 0 amide bonds. The monoisotopic (exact) mass is 362 g/mol. The first kappa shape index (κ1) is 17.2. The van der Waals surface area contributed by atoms with E-state index in [0.29, 0.717) is 27.0 Å². The molecule has 1 rings (SSSR count). The van der Waals surface area contributed by atoms with Crippen LogP contribution < -0.4 is 4.90 Å². The number of anilines is 1. The van der Waals surface area contributed by atoms with Gasteiger partial charge in [-0.3, -0.25) is 10.1 Å². The third-order valence-corrected chi connectivity index (χ3v) is 3.44. The van der Waals surface area contributed by atoms with Gasteiger partial charge in [-0.25, -0.2) is 0 Å². The van der Waals surface area contributed by atoms with E-state index in [-0.39, 0.29) is 10.6 Å². The first-order valence-corrected chi connectivity index (χ1v) is 7.77. The Balaban J connectivity index is 3.33. The number of nitro groups is 1. The van der Waals surface area contributed by atoms with Crippen LogP contribution in [0.2, 0.25) is 5.02 Å². The van der Waals surface area contributed by atoms with Gasteiger partial charge < -0.3 is 4.90 Å². The molecule has 20 heavy (non-hydrogen) atoms. The zero-order valence-electron chi connectivity index (χ0n) is 12.2. The van der Waals surface area contributed by atoms with Crippen LogP contribution in [0.5, 0.6) is 0 Å². The first-order chi connectivity index (χ1) is 9.22. The third kappa shape index (κ3) is 4.63. The van der Waals surface area contributed by atoms with E-state index in [1.165, 1.54) is 6.07 Å². The van der Waals surface area contributed by atoms with Crippen molar-refractivity contribution in [3.63, 3.8) is 0 Å². The molecular weight excluding hydrogens is 344 g/mol. The number of hydrogen-bond donors (Lipinski definition) is 0. The topological polar surface area (TPSA) is 46.4 Å². The summed E-state index contributed by atoms with van der Waals surface area (Å²) < 4.78 is 0.618. The summed E-state index contributed by atoms with van der Waals surface area (Å²) in [5.74, 6) is 0.793. The second-order valence-corrected chi connectivity index (χ2v) is 7.03. The van der Waals surface area contributed by atoms with Crippen LogP contribution in [0.15, 0.2) is 16.6 Å². The Morgan fingerprint density at radius 1 is 1.25 bits per heavy atom. The van der Waals surface area contributed by atoms with Gasteiger partial charge in [0.15, 0.2) is 0 Å². The van der Waals surface area contributed by atoms with Gasteiger partial charge in [0.25, 0.3) is 5.69 Å². The van der Waals surface area contributed by atoms with Gasteiger partial charge in [-0.05, 0) is 17.9 Å². The van der Waals surface area contributed by atoms with Gasteiger partial charge in [-0.2, -0.15) is 0 Å². The molecule has 6 heteroatoms. The van der Waals surface area contributed by atoms with E-state index in [2.05, 4.69) is 43.6 Å². The molecule has 1 aromatic rings. The normalized spacial score (nSPS) is 11.2. The SMILES string of the molecule is CC(C)CN(CC(C)C)c1c(Cl)cc(Br)cc1[N+](=O)[O-]. The average molecular weight is 364 g/mol. The van der Waals surface area contributed by atoms with E-state index >= 15 is 0 Å². The zero-order valence-corrected chi connectivity index (χ0v) is 14.5. The maximum atomic E-state index is 11.3. The standard InChI is InChI=1S/C14H20BrClN2O2/c1-9(2)7-17(8-10(3)4)14-12(16)5-11(15)6-13(14)18(19)20/h5-6,9-10H,7-8H2,1-4H3. The molecule has 0 N–H and O–H groups in total. The summed E-state index contributed by atoms with van der Waals surface area (Å²) in [7, 11) is 0. The summed E-state index contributed by atoms with van der Waals surface area (Å²) in [6, 6.07) is 3.21. The lowest BCUT2D eigenvalue weighted by molar-refractivity contribution is -0.384. The van der Waals surface area contributed by atoms with Gasteiger partial charge in [0, 0.05) is 23.6 Å². The van der Waals surface area contributed by atoms with Gasteiger partial charge >= 0.3 is 0 Å². The maximum absolute atomic E-state index is 11.3. The fraction of sp³-hybridized carbons (Fsp3) is 0.571. The lowest BCUT2D eigenvalue weighted by Crippen LogP contribution is -2.32. The van der Waals surface area contributed by atoms with Crippen molar-refractivity contribution in [2.24, 2.45) is 11.8 Å². The summed E-state index contributed by atoms with van der Waals surface area (Å²) in [4.78, 5) is 12.9. The van der Waals surface area contributed by atoms with E-state index in [9.17, 15) is 10.1 Å². The number of nitrogens with zero attached hydrogens (tertiary/aromatic N) is 2. The maximum Gasteiger partial charge on any atom is 0.295 e.